The summed E-state index contributed by atoms with van der Waals surface area (Å²) in [6.07, 6.45) is 3.39. The third kappa shape index (κ3) is 4.50. The van der Waals surface area contributed by atoms with Crippen molar-refractivity contribution in [1.29, 1.82) is 0 Å². The molecule has 0 aliphatic rings. The number of nitrogens with one attached hydrogen (secondary N) is 3. The first-order valence-electron chi connectivity index (χ1n) is 11.2. The van der Waals surface area contributed by atoms with Gasteiger partial charge in [-0.2, -0.15) is 0 Å². The van der Waals surface area contributed by atoms with E-state index in [9.17, 15) is 24.3 Å². The van der Waals surface area contributed by atoms with Crippen LogP contribution in [0.25, 0.3) is 21.8 Å². The summed E-state index contributed by atoms with van der Waals surface area (Å²) in [6, 6.07) is 11.7. The van der Waals surface area contributed by atoms with Gasteiger partial charge in [-0.1, -0.05) is 50.1 Å². The smallest absolute Gasteiger partial charge is 0.329 e. The molecule has 0 spiro atoms. The highest BCUT2D eigenvalue weighted by Gasteiger charge is 2.30. The van der Waals surface area contributed by atoms with E-state index >= 15 is 0 Å². The number of benzene rings is 2. The van der Waals surface area contributed by atoms with E-state index in [0.717, 1.165) is 27.5 Å². The van der Waals surface area contributed by atoms with E-state index in [0.29, 0.717) is 11.9 Å². The molecule has 4 aromatic rings. The van der Waals surface area contributed by atoms with Crippen LogP contribution in [0.2, 0.25) is 0 Å². The van der Waals surface area contributed by atoms with Crippen molar-refractivity contribution in [3.05, 3.63) is 81.1 Å². The Labute approximate surface area is 194 Å². The molecule has 0 saturated carbocycles. The van der Waals surface area contributed by atoms with Crippen molar-refractivity contribution in [3.63, 3.8) is 0 Å². The number of hydrogen-bond acceptors (Lipinski definition) is 4. The summed E-state index contributed by atoms with van der Waals surface area (Å²) in [5.74, 6) is -1.86. The van der Waals surface area contributed by atoms with Gasteiger partial charge in [-0.3, -0.25) is 9.59 Å². The normalized spacial score (nSPS) is 13.1. The number of para-hydroxylation sites is 2. The Hall–Kier alpha value is -4.14. The zero-order valence-corrected chi connectivity index (χ0v) is 18.7. The average molecular weight is 463 g/mol. The molecule has 9 heteroatoms. The van der Waals surface area contributed by atoms with Gasteiger partial charge in [0.1, 0.15) is 12.1 Å². The quantitative estimate of drug-likeness (QED) is 0.303. The molecule has 0 unspecified atom stereocenters. The highest BCUT2D eigenvalue weighted by molar-refractivity contribution is 5.88. The van der Waals surface area contributed by atoms with Gasteiger partial charge in [-0.25, -0.2) is 14.2 Å². The van der Waals surface area contributed by atoms with Crippen LogP contribution in [0.5, 0.6) is 0 Å². The number of aromatic amines is 2. The van der Waals surface area contributed by atoms with Crippen LogP contribution < -0.4 is 16.6 Å². The van der Waals surface area contributed by atoms with E-state index in [1.165, 1.54) is 0 Å². The number of nitrogens with zero attached hydrogens (tertiary/aromatic N) is 1. The van der Waals surface area contributed by atoms with Gasteiger partial charge in [0.05, 0.1) is 10.9 Å². The van der Waals surface area contributed by atoms with E-state index in [4.69, 9.17) is 0 Å². The summed E-state index contributed by atoms with van der Waals surface area (Å²) in [5.41, 5.74) is 0.605. The molecule has 176 valence electrons. The number of carboxylic acids is 1. The van der Waals surface area contributed by atoms with Crippen molar-refractivity contribution < 1.29 is 14.7 Å². The van der Waals surface area contributed by atoms with Crippen molar-refractivity contribution in [2.45, 2.75) is 44.7 Å². The number of carboxylic acid groups (broad SMARTS) is 1. The van der Waals surface area contributed by atoms with Crippen LogP contribution in [0.4, 0.5) is 0 Å². The van der Waals surface area contributed by atoms with Gasteiger partial charge in [0.2, 0.25) is 5.91 Å². The van der Waals surface area contributed by atoms with Gasteiger partial charge in [0, 0.05) is 23.5 Å². The maximum atomic E-state index is 13.4. The maximum absolute atomic E-state index is 13.4. The topological polar surface area (TPSA) is 137 Å². The lowest BCUT2D eigenvalue weighted by atomic mass is 10.0. The molecule has 4 rings (SSSR count). The Morgan fingerprint density at radius 1 is 1.03 bits per heavy atom. The largest absolute Gasteiger partial charge is 0.480 e. The fourth-order valence-corrected chi connectivity index (χ4v) is 4.20. The van der Waals surface area contributed by atoms with Crippen LogP contribution >= 0.6 is 0 Å². The van der Waals surface area contributed by atoms with E-state index in [2.05, 4.69) is 15.3 Å². The Bertz CT molecular complexity index is 1470. The van der Waals surface area contributed by atoms with Gasteiger partial charge >= 0.3 is 11.7 Å². The molecule has 0 aliphatic carbocycles. The molecule has 2 atom stereocenters. The van der Waals surface area contributed by atoms with Crippen molar-refractivity contribution in [3.8, 4) is 0 Å². The minimum absolute atomic E-state index is 0.0251. The molecule has 0 aliphatic heterocycles. The second kappa shape index (κ2) is 9.78. The summed E-state index contributed by atoms with van der Waals surface area (Å²) in [5, 5.41) is 13.3. The molecule has 0 saturated heterocycles. The predicted octanol–water partition coefficient (Wildman–Crippen LogP) is 2.71. The zero-order chi connectivity index (χ0) is 24.2. The van der Waals surface area contributed by atoms with E-state index in [1.54, 1.807) is 30.5 Å². The Morgan fingerprint density at radius 2 is 1.71 bits per heavy atom. The van der Waals surface area contributed by atoms with Crippen LogP contribution in [-0.4, -0.2) is 37.6 Å². The lowest BCUT2D eigenvalue weighted by molar-refractivity contribution is -0.142. The SMILES string of the molecule is CCCC[C@H](NC(=O)[C@@H](Cc1c[nH]c2ccccc12)n1c(=O)[nH]c2ccccc2c1=O)C(=O)O. The molecule has 9 nitrogen and oxygen atoms in total. The standard InChI is InChI=1S/C25H26N4O5/c1-2-3-10-20(24(32)33)27-22(30)21(13-15-14-26-18-11-6-4-8-16(15)18)29-23(31)17-9-5-7-12-19(17)28-25(29)34/h4-9,11-12,14,20-21,26H,2-3,10,13H2,1H3,(H,27,30)(H,28,34)(H,32,33)/t20-,21+/m0/s1. The van der Waals surface area contributed by atoms with Crippen molar-refractivity contribution in [2.75, 3.05) is 0 Å². The second-order valence-electron chi connectivity index (χ2n) is 8.27. The first kappa shape index (κ1) is 23.0. The molecule has 0 radical (unpaired) electrons. The van der Waals surface area contributed by atoms with Crippen LogP contribution in [0.1, 0.15) is 37.8 Å². The monoisotopic (exact) mass is 462 g/mol. The minimum Gasteiger partial charge on any atom is -0.480 e. The molecule has 2 aromatic carbocycles. The van der Waals surface area contributed by atoms with Crippen LogP contribution in [0.15, 0.2) is 64.3 Å². The number of aliphatic carboxylic acids is 1. The Morgan fingerprint density at radius 3 is 2.41 bits per heavy atom. The number of rotatable bonds is 9. The number of fused-ring (bicyclic) bond motifs is 2. The van der Waals surface area contributed by atoms with Gasteiger partial charge in [0.15, 0.2) is 0 Å². The van der Waals surface area contributed by atoms with E-state index in [-0.39, 0.29) is 18.2 Å². The number of carbonyl (C=O) groups is 2. The summed E-state index contributed by atoms with van der Waals surface area (Å²) < 4.78 is 0.887. The first-order valence-corrected chi connectivity index (χ1v) is 11.2. The number of hydrogen-bond donors (Lipinski definition) is 4. The Kier molecular flexibility index (Phi) is 6.62. The highest BCUT2D eigenvalue weighted by atomic mass is 16.4. The van der Waals surface area contributed by atoms with E-state index in [1.807, 2.05) is 31.2 Å². The van der Waals surface area contributed by atoms with Gasteiger partial charge in [-0.05, 0) is 30.2 Å². The summed E-state index contributed by atoms with van der Waals surface area (Å²) in [7, 11) is 0. The molecule has 2 aromatic heterocycles. The molecular formula is C25H26N4O5. The fourth-order valence-electron chi connectivity index (χ4n) is 4.20. The molecule has 34 heavy (non-hydrogen) atoms. The number of unbranched alkanes of at least 4 members (excludes halogenated alkanes) is 1. The van der Waals surface area contributed by atoms with Crippen molar-refractivity contribution in [2.24, 2.45) is 0 Å². The van der Waals surface area contributed by atoms with Gasteiger partial charge < -0.3 is 20.4 Å². The zero-order valence-electron chi connectivity index (χ0n) is 18.7. The molecule has 0 bridgehead atoms. The molecule has 0 fully saturated rings. The second-order valence-corrected chi connectivity index (χ2v) is 8.27. The fraction of sp³-hybridized carbons (Fsp3) is 0.280. The van der Waals surface area contributed by atoms with Gasteiger partial charge in [0.25, 0.3) is 5.56 Å². The first-order chi connectivity index (χ1) is 16.4. The van der Waals surface area contributed by atoms with Gasteiger partial charge in [-0.15, -0.1) is 0 Å². The maximum Gasteiger partial charge on any atom is 0.329 e. The number of amides is 1. The number of aromatic nitrogens is 3. The number of H-pyrrole nitrogens is 2. The minimum atomic E-state index is -1.25. The molecule has 4 N–H and O–H groups in total. The Balaban J connectivity index is 1.81. The van der Waals surface area contributed by atoms with Crippen LogP contribution in [-0.2, 0) is 16.0 Å². The van der Waals surface area contributed by atoms with Crippen LogP contribution in [0.3, 0.4) is 0 Å². The molecule has 1 amide bonds. The summed E-state index contributed by atoms with van der Waals surface area (Å²) in [4.78, 5) is 57.3. The molecule has 2 heterocycles. The summed E-state index contributed by atoms with van der Waals surface area (Å²) in [6.45, 7) is 1.93. The summed E-state index contributed by atoms with van der Waals surface area (Å²) >= 11 is 0. The molecular weight excluding hydrogens is 436 g/mol. The lowest BCUT2D eigenvalue weighted by Gasteiger charge is -2.22. The van der Waals surface area contributed by atoms with Crippen molar-refractivity contribution in [1.82, 2.24) is 19.9 Å². The lowest BCUT2D eigenvalue weighted by Crippen LogP contribution is -2.49. The van der Waals surface area contributed by atoms with E-state index < -0.39 is 35.2 Å². The average Bonchev–Trinajstić information content (AvgIpc) is 3.23. The van der Waals surface area contributed by atoms with Crippen LogP contribution in [0, 0.1) is 0 Å². The van der Waals surface area contributed by atoms with Crippen molar-refractivity contribution >= 4 is 33.7 Å². The third-order valence-electron chi connectivity index (χ3n) is 6.00. The predicted molar refractivity (Wildman–Crippen MR) is 129 cm³/mol. The highest BCUT2D eigenvalue weighted by Crippen LogP contribution is 2.22. The number of carbonyl (C=O) groups excluding carboxylic acids is 1. The third-order valence-corrected chi connectivity index (χ3v) is 6.00.